The lowest BCUT2D eigenvalue weighted by Crippen LogP contribution is -2.51. The van der Waals surface area contributed by atoms with E-state index in [2.05, 4.69) is 0 Å². The Balaban J connectivity index is 2.55. The van der Waals surface area contributed by atoms with E-state index >= 15 is 0 Å². The molecule has 0 radical (unpaired) electrons. The van der Waals surface area contributed by atoms with Crippen molar-refractivity contribution < 1.29 is 9.90 Å². The Bertz CT molecular complexity index is 196. The van der Waals surface area contributed by atoms with Gasteiger partial charge in [-0.05, 0) is 26.7 Å². The highest BCUT2D eigenvalue weighted by molar-refractivity contribution is 5.72. The summed E-state index contributed by atoms with van der Waals surface area (Å²) in [6.45, 7) is 4.57. The average Bonchev–Trinajstić information content (AvgIpc) is 2.03. The molecule has 76 valence electrons. The van der Waals surface area contributed by atoms with Crippen molar-refractivity contribution in [3.8, 4) is 0 Å². The summed E-state index contributed by atoms with van der Waals surface area (Å²) in [5.74, 6) is -0.748. The van der Waals surface area contributed by atoms with Crippen LogP contribution in [0.25, 0.3) is 0 Å². The van der Waals surface area contributed by atoms with Gasteiger partial charge < -0.3 is 10.8 Å². The smallest absolute Gasteiger partial charge is 0.320 e. The van der Waals surface area contributed by atoms with Gasteiger partial charge in [-0.15, -0.1) is 0 Å². The van der Waals surface area contributed by atoms with Gasteiger partial charge in [0, 0.05) is 18.6 Å². The number of carboxylic acids is 1. The zero-order valence-corrected chi connectivity index (χ0v) is 8.23. The predicted molar refractivity (Wildman–Crippen MR) is 50.5 cm³/mol. The molecular weight excluding hydrogens is 168 g/mol. The second-order valence-corrected chi connectivity index (χ2v) is 3.89. The molecule has 13 heavy (non-hydrogen) atoms. The molecule has 3 unspecified atom stereocenters. The summed E-state index contributed by atoms with van der Waals surface area (Å²) in [5, 5.41) is 8.85. The quantitative estimate of drug-likeness (QED) is 0.649. The largest absolute Gasteiger partial charge is 0.480 e. The Morgan fingerprint density at radius 2 is 2.31 bits per heavy atom. The highest BCUT2D eigenvalue weighted by Crippen LogP contribution is 2.18. The molecular formula is C9H18N2O2. The van der Waals surface area contributed by atoms with Crippen molar-refractivity contribution in [2.24, 2.45) is 5.73 Å². The van der Waals surface area contributed by atoms with E-state index in [9.17, 15) is 4.79 Å². The summed E-state index contributed by atoms with van der Waals surface area (Å²) in [6.07, 6.45) is 1.81. The van der Waals surface area contributed by atoms with Gasteiger partial charge in [-0.2, -0.15) is 0 Å². The van der Waals surface area contributed by atoms with Gasteiger partial charge in [-0.1, -0.05) is 0 Å². The molecule has 3 N–H and O–H groups in total. The number of likely N-dealkylation sites (tertiary alicyclic amines) is 1. The van der Waals surface area contributed by atoms with Crippen LogP contribution in [0, 0.1) is 0 Å². The number of hydrogen-bond acceptors (Lipinski definition) is 3. The van der Waals surface area contributed by atoms with Crippen molar-refractivity contribution in [3.63, 3.8) is 0 Å². The van der Waals surface area contributed by atoms with E-state index in [-0.39, 0.29) is 18.1 Å². The summed E-state index contributed by atoms with van der Waals surface area (Å²) in [7, 11) is 0. The lowest BCUT2D eigenvalue weighted by molar-refractivity contribution is -0.144. The number of nitrogens with two attached hydrogens (primary N) is 1. The number of aliphatic carboxylic acids is 1. The van der Waals surface area contributed by atoms with Gasteiger partial charge in [0.1, 0.15) is 6.04 Å². The highest BCUT2D eigenvalue weighted by atomic mass is 16.4. The molecule has 4 heteroatoms. The van der Waals surface area contributed by atoms with E-state index in [4.69, 9.17) is 10.8 Å². The van der Waals surface area contributed by atoms with Crippen molar-refractivity contribution >= 4 is 5.97 Å². The van der Waals surface area contributed by atoms with Gasteiger partial charge in [-0.25, -0.2) is 0 Å². The Morgan fingerprint density at radius 3 is 2.77 bits per heavy atom. The molecule has 0 saturated carbocycles. The van der Waals surface area contributed by atoms with Crippen molar-refractivity contribution in [2.75, 3.05) is 6.54 Å². The minimum atomic E-state index is -0.748. The van der Waals surface area contributed by atoms with E-state index in [1.807, 2.05) is 11.8 Å². The Hall–Kier alpha value is -0.610. The van der Waals surface area contributed by atoms with Crippen LogP contribution in [-0.4, -0.2) is 40.6 Å². The summed E-state index contributed by atoms with van der Waals surface area (Å²) in [4.78, 5) is 12.8. The molecule has 0 bridgehead atoms. The number of piperidine rings is 1. The third kappa shape index (κ3) is 2.42. The lowest BCUT2D eigenvalue weighted by Gasteiger charge is -2.38. The monoisotopic (exact) mass is 186 g/mol. The van der Waals surface area contributed by atoms with Gasteiger partial charge in [0.25, 0.3) is 0 Å². The van der Waals surface area contributed by atoms with Gasteiger partial charge in [0.15, 0.2) is 0 Å². The molecule has 0 amide bonds. The first kappa shape index (κ1) is 10.5. The Morgan fingerprint density at radius 1 is 1.69 bits per heavy atom. The molecule has 1 fully saturated rings. The normalized spacial score (nSPS) is 32.8. The van der Waals surface area contributed by atoms with Crippen LogP contribution in [0.3, 0.4) is 0 Å². The lowest BCUT2D eigenvalue weighted by atomic mass is 9.97. The maximum Gasteiger partial charge on any atom is 0.320 e. The molecule has 1 saturated heterocycles. The molecule has 1 aliphatic rings. The fourth-order valence-corrected chi connectivity index (χ4v) is 1.94. The summed E-state index contributed by atoms with van der Waals surface area (Å²) < 4.78 is 0. The van der Waals surface area contributed by atoms with Gasteiger partial charge in [0.05, 0.1) is 0 Å². The SMILES string of the molecule is CC1CC(N)CCN1C(C)C(=O)O. The highest BCUT2D eigenvalue weighted by Gasteiger charge is 2.29. The standard InChI is InChI=1S/C9H18N2O2/c1-6-5-8(10)3-4-11(6)7(2)9(12)13/h6-8H,3-5,10H2,1-2H3,(H,12,13). The number of hydrogen-bond donors (Lipinski definition) is 2. The molecule has 0 aliphatic carbocycles. The third-order valence-corrected chi connectivity index (χ3v) is 2.82. The minimum absolute atomic E-state index is 0.243. The first-order valence-corrected chi connectivity index (χ1v) is 4.76. The van der Waals surface area contributed by atoms with Crippen LogP contribution < -0.4 is 5.73 Å². The predicted octanol–water partition coefficient (Wildman–Crippen LogP) is 0.271. The second kappa shape index (κ2) is 4.07. The average molecular weight is 186 g/mol. The van der Waals surface area contributed by atoms with Crippen LogP contribution in [0.1, 0.15) is 26.7 Å². The third-order valence-electron chi connectivity index (χ3n) is 2.82. The zero-order chi connectivity index (χ0) is 10.0. The minimum Gasteiger partial charge on any atom is -0.480 e. The van der Waals surface area contributed by atoms with Crippen LogP contribution in [0.4, 0.5) is 0 Å². The maximum atomic E-state index is 10.8. The summed E-state index contributed by atoms with van der Waals surface area (Å²) in [6, 6.07) is 0.143. The van der Waals surface area contributed by atoms with Crippen molar-refractivity contribution in [3.05, 3.63) is 0 Å². The molecule has 1 heterocycles. The molecule has 0 aromatic carbocycles. The molecule has 0 spiro atoms. The van der Waals surface area contributed by atoms with Crippen LogP contribution in [-0.2, 0) is 4.79 Å². The molecule has 4 nitrogen and oxygen atoms in total. The number of nitrogens with zero attached hydrogens (tertiary/aromatic N) is 1. The van der Waals surface area contributed by atoms with Crippen LogP contribution in [0.15, 0.2) is 0 Å². The Labute approximate surface area is 78.7 Å². The molecule has 1 aliphatic heterocycles. The Kier molecular flexibility index (Phi) is 3.27. The van der Waals surface area contributed by atoms with E-state index < -0.39 is 5.97 Å². The summed E-state index contributed by atoms with van der Waals surface area (Å²) >= 11 is 0. The number of rotatable bonds is 2. The first-order valence-electron chi connectivity index (χ1n) is 4.76. The van der Waals surface area contributed by atoms with Gasteiger partial charge >= 0.3 is 5.97 Å². The maximum absolute atomic E-state index is 10.8. The van der Waals surface area contributed by atoms with Crippen LogP contribution in [0.5, 0.6) is 0 Å². The van der Waals surface area contributed by atoms with E-state index in [0.29, 0.717) is 0 Å². The van der Waals surface area contributed by atoms with E-state index in [1.165, 1.54) is 0 Å². The molecule has 3 atom stereocenters. The molecule has 0 aromatic rings. The first-order chi connectivity index (χ1) is 6.02. The zero-order valence-electron chi connectivity index (χ0n) is 8.23. The molecule has 0 aromatic heterocycles. The fraction of sp³-hybridized carbons (Fsp3) is 0.889. The van der Waals surface area contributed by atoms with E-state index in [1.54, 1.807) is 6.92 Å². The van der Waals surface area contributed by atoms with Crippen LogP contribution in [0.2, 0.25) is 0 Å². The van der Waals surface area contributed by atoms with Crippen molar-refractivity contribution in [1.29, 1.82) is 0 Å². The van der Waals surface area contributed by atoms with E-state index in [0.717, 1.165) is 19.4 Å². The summed E-state index contributed by atoms with van der Waals surface area (Å²) in [5.41, 5.74) is 5.79. The second-order valence-electron chi connectivity index (χ2n) is 3.89. The van der Waals surface area contributed by atoms with Gasteiger partial charge in [-0.3, -0.25) is 9.69 Å². The van der Waals surface area contributed by atoms with Crippen LogP contribution >= 0.6 is 0 Å². The number of carbonyl (C=O) groups is 1. The molecule has 1 rings (SSSR count). The van der Waals surface area contributed by atoms with Gasteiger partial charge in [0.2, 0.25) is 0 Å². The fourth-order valence-electron chi connectivity index (χ4n) is 1.94. The van der Waals surface area contributed by atoms with Crippen molar-refractivity contribution in [1.82, 2.24) is 4.90 Å². The topological polar surface area (TPSA) is 66.6 Å². The van der Waals surface area contributed by atoms with Crippen molar-refractivity contribution in [2.45, 2.75) is 44.8 Å². The number of carboxylic acid groups (broad SMARTS) is 1.